The van der Waals surface area contributed by atoms with Crippen LogP contribution in [0, 0.1) is 13.8 Å². The van der Waals surface area contributed by atoms with E-state index in [1.807, 2.05) is 30.3 Å². The van der Waals surface area contributed by atoms with Gasteiger partial charge in [0.05, 0.1) is 4.90 Å². The standard InChI is InChI=1S/C20H18ClNO5S2/c1-12-10-18(13(2)9-15(12)21)29(25,26)22(3)16-11-17(14-7-5-4-6-8-14)28-19(16)27-20(23)24/h4-11H,1-3H3,(H,23,24). The number of nitrogens with zero attached hydrogens (tertiary/aromatic N) is 1. The van der Waals surface area contributed by atoms with Gasteiger partial charge >= 0.3 is 6.16 Å². The number of hydrogen-bond acceptors (Lipinski definition) is 5. The molecule has 0 atom stereocenters. The van der Waals surface area contributed by atoms with Crippen LogP contribution in [0.2, 0.25) is 5.02 Å². The van der Waals surface area contributed by atoms with Gasteiger partial charge in [0.25, 0.3) is 10.0 Å². The maximum Gasteiger partial charge on any atom is 0.512 e. The summed E-state index contributed by atoms with van der Waals surface area (Å²) in [6.07, 6.45) is -1.52. The van der Waals surface area contributed by atoms with Crippen LogP contribution in [0.3, 0.4) is 0 Å². The Morgan fingerprint density at radius 1 is 1.10 bits per heavy atom. The van der Waals surface area contributed by atoms with Gasteiger partial charge in [-0.1, -0.05) is 53.3 Å². The number of anilines is 1. The van der Waals surface area contributed by atoms with E-state index in [-0.39, 0.29) is 15.6 Å². The molecule has 0 radical (unpaired) electrons. The molecular formula is C20H18ClNO5S2. The van der Waals surface area contributed by atoms with Crippen molar-refractivity contribution < 1.29 is 23.1 Å². The highest BCUT2D eigenvalue weighted by Gasteiger charge is 2.29. The van der Waals surface area contributed by atoms with Crippen LogP contribution in [0.4, 0.5) is 10.5 Å². The fraction of sp³-hybridized carbons (Fsp3) is 0.150. The average Bonchev–Trinajstić information content (AvgIpc) is 3.07. The van der Waals surface area contributed by atoms with Gasteiger partial charge in [-0.05, 0) is 48.7 Å². The number of ether oxygens (including phenoxy) is 1. The number of thiophene rings is 1. The number of aryl methyl sites for hydroxylation is 2. The van der Waals surface area contributed by atoms with Crippen molar-refractivity contribution in [2.24, 2.45) is 0 Å². The van der Waals surface area contributed by atoms with Crippen LogP contribution in [0.15, 0.2) is 53.4 Å². The average molecular weight is 452 g/mol. The smallest absolute Gasteiger partial charge is 0.449 e. The van der Waals surface area contributed by atoms with E-state index in [1.54, 1.807) is 26.0 Å². The van der Waals surface area contributed by atoms with E-state index >= 15 is 0 Å². The Labute approximate surface area is 178 Å². The molecule has 0 aliphatic heterocycles. The molecule has 0 bridgehead atoms. The minimum absolute atomic E-state index is 0.0224. The molecule has 3 aromatic rings. The van der Waals surface area contributed by atoms with Crippen molar-refractivity contribution in [3.63, 3.8) is 0 Å². The molecule has 3 rings (SSSR count). The fourth-order valence-electron chi connectivity index (χ4n) is 2.79. The van der Waals surface area contributed by atoms with Crippen LogP contribution in [-0.2, 0) is 10.0 Å². The number of halogens is 1. The fourth-order valence-corrected chi connectivity index (χ4v) is 5.59. The summed E-state index contributed by atoms with van der Waals surface area (Å²) in [6.45, 7) is 3.38. The number of hydrogen-bond donors (Lipinski definition) is 1. The molecule has 0 amide bonds. The second kappa shape index (κ2) is 8.06. The van der Waals surface area contributed by atoms with Crippen LogP contribution < -0.4 is 9.04 Å². The molecule has 9 heteroatoms. The molecule has 6 nitrogen and oxygen atoms in total. The third-order valence-corrected chi connectivity index (χ3v) is 7.72. The van der Waals surface area contributed by atoms with Gasteiger partial charge in [0.2, 0.25) is 5.06 Å². The molecule has 0 spiro atoms. The van der Waals surface area contributed by atoms with Gasteiger partial charge in [0.15, 0.2) is 0 Å². The Bertz CT molecular complexity index is 1170. The minimum Gasteiger partial charge on any atom is -0.449 e. The molecule has 1 aromatic heterocycles. The van der Waals surface area contributed by atoms with E-state index in [4.69, 9.17) is 21.4 Å². The minimum atomic E-state index is -3.98. The van der Waals surface area contributed by atoms with Gasteiger partial charge in [-0.3, -0.25) is 4.31 Å². The van der Waals surface area contributed by atoms with Crippen molar-refractivity contribution in [3.05, 3.63) is 64.7 Å². The first-order valence-electron chi connectivity index (χ1n) is 8.47. The van der Waals surface area contributed by atoms with Gasteiger partial charge in [0, 0.05) is 16.9 Å². The van der Waals surface area contributed by atoms with Crippen molar-refractivity contribution >= 4 is 44.8 Å². The van der Waals surface area contributed by atoms with E-state index in [0.29, 0.717) is 21.0 Å². The highest BCUT2D eigenvalue weighted by molar-refractivity contribution is 7.92. The first-order chi connectivity index (χ1) is 13.6. The molecule has 0 fully saturated rings. The van der Waals surface area contributed by atoms with Crippen molar-refractivity contribution in [2.75, 3.05) is 11.4 Å². The second-order valence-electron chi connectivity index (χ2n) is 6.36. The number of benzene rings is 2. The predicted octanol–water partition coefficient (Wildman–Crippen LogP) is 5.57. The van der Waals surface area contributed by atoms with E-state index < -0.39 is 16.2 Å². The van der Waals surface area contributed by atoms with Crippen LogP contribution in [0.25, 0.3) is 10.4 Å². The van der Waals surface area contributed by atoms with Crippen LogP contribution >= 0.6 is 22.9 Å². The Kier molecular flexibility index (Phi) is 5.88. The van der Waals surface area contributed by atoms with Gasteiger partial charge < -0.3 is 9.84 Å². The number of sulfonamides is 1. The number of carbonyl (C=O) groups is 1. The molecule has 0 unspecified atom stereocenters. The van der Waals surface area contributed by atoms with Crippen LogP contribution in [0.5, 0.6) is 5.06 Å². The first-order valence-corrected chi connectivity index (χ1v) is 11.1. The Morgan fingerprint density at radius 3 is 2.38 bits per heavy atom. The molecule has 152 valence electrons. The van der Waals surface area contributed by atoms with E-state index in [2.05, 4.69) is 0 Å². The van der Waals surface area contributed by atoms with Crippen molar-refractivity contribution in [3.8, 4) is 15.5 Å². The van der Waals surface area contributed by atoms with Crippen molar-refractivity contribution in [1.29, 1.82) is 0 Å². The molecule has 29 heavy (non-hydrogen) atoms. The summed E-state index contributed by atoms with van der Waals surface area (Å²) in [5, 5.41) is 9.54. The maximum atomic E-state index is 13.3. The summed E-state index contributed by atoms with van der Waals surface area (Å²) in [5.41, 5.74) is 2.08. The second-order valence-corrected chi connectivity index (χ2v) is 9.72. The van der Waals surface area contributed by atoms with Crippen LogP contribution in [0.1, 0.15) is 11.1 Å². The SMILES string of the molecule is Cc1cc(S(=O)(=O)N(C)c2cc(-c3ccccc3)sc2OC(=O)O)c(C)cc1Cl. The monoisotopic (exact) mass is 451 g/mol. The molecule has 0 aliphatic rings. The normalized spacial score (nSPS) is 11.3. The number of carboxylic acid groups (broad SMARTS) is 1. The third kappa shape index (κ3) is 4.24. The van der Waals surface area contributed by atoms with Gasteiger partial charge in [-0.25, -0.2) is 13.2 Å². The highest BCUT2D eigenvalue weighted by atomic mass is 35.5. The van der Waals surface area contributed by atoms with Gasteiger partial charge in [0.1, 0.15) is 5.69 Å². The Balaban J connectivity index is 2.12. The van der Waals surface area contributed by atoms with E-state index in [0.717, 1.165) is 21.2 Å². The lowest BCUT2D eigenvalue weighted by atomic mass is 10.2. The molecule has 2 aromatic carbocycles. The number of rotatable bonds is 5. The van der Waals surface area contributed by atoms with Gasteiger partial charge in [-0.2, -0.15) is 0 Å². The molecular weight excluding hydrogens is 434 g/mol. The van der Waals surface area contributed by atoms with E-state index in [1.165, 1.54) is 13.1 Å². The summed E-state index contributed by atoms with van der Waals surface area (Å²) in [6, 6.07) is 13.9. The van der Waals surface area contributed by atoms with Crippen molar-refractivity contribution in [1.82, 2.24) is 0 Å². The molecule has 1 heterocycles. The quantitative estimate of drug-likeness (QED) is 0.513. The zero-order valence-electron chi connectivity index (χ0n) is 15.8. The van der Waals surface area contributed by atoms with Gasteiger partial charge in [-0.15, -0.1) is 0 Å². The summed E-state index contributed by atoms with van der Waals surface area (Å²) in [4.78, 5) is 11.9. The summed E-state index contributed by atoms with van der Waals surface area (Å²) in [7, 11) is -2.62. The lowest BCUT2D eigenvalue weighted by Crippen LogP contribution is -2.27. The van der Waals surface area contributed by atoms with E-state index in [9.17, 15) is 13.2 Å². The topological polar surface area (TPSA) is 83.9 Å². The zero-order chi connectivity index (χ0) is 21.3. The first kappa shape index (κ1) is 21.2. The van der Waals surface area contributed by atoms with Crippen molar-refractivity contribution in [2.45, 2.75) is 18.7 Å². The van der Waals surface area contributed by atoms with Crippen LogP contribution in [-0.4, -0.2) is 26.7 Å². The molecule has 0 saturated carbocycles. The maximum absolute atomic E-state index is 13.3. The summed E-state index contributed by atoms with van der Waals surface area (Å²) in [5.74, 6) is 0. The molecule has 1 N–H and O–H groups in total. The molecule has 0 aliphatic carbocycles. The Morgan fingerprint density at radius 2 is 1.76 bits per heavy atom. The zero-order valence-corrected chi connectivity index (χ0v) is 18.2. The highest BCUT2D eigenvalue weighted by Crippen LogP contribution is 2.44. The largest absolute Gasteiger partial charge is 0.512 e. The lowest BCUT2D eigenvalue weighted by molar-refractivity contribution is 0.146. The summed E-state index contributed by atoms with van der Waals surface area (Å²) < 4.78 is 32.5. The predicted molar refractivity (Wildman–Crippen MR) is 115 cm³/mol. The molecule has 0 saturated heterocycles. The summed E-state index contributed by atoms with van der Waals surface area (Å²) >= 11 is 7.15. The third-order valence-electron chi connectivity index (χ3n) is 4.35. The Hall–Kier alpha value is -2.55. The lowest BCUT2D eigenvalue weighted by Gasteiger charge is -2.21.